The molecule has 1 amide bonds. The van der Waals surface area contributed by atoms with Gasteiger partial charge in [0.15, 0.2) is 6.17 Å². The number of hydrogen-bond acceptors (Lipinski definition) is 9. The van der Waals surface area contributed by atoms with Gasteiger partial charge in [-0.1, -0.05) is 23.7 Å². The summed E-state index contributed by atoms with van der Waals surface area (Å²) in [5.41, 5.74) is 2.61. The van der Waals surface area contributed by atoms with Gasteiger partial charge in [0.2, 0.25) is 5.91 Å². The SMILES string of the molecule is COCCNC(=O)C(C)(C)c1ccc(OC2=NC3N=C(c4ccc(N5CCOCC5)cc4)C(Cl)=CC3N2)cn1. The van der Waals surface area contributed by atoms with Gasteiger partial charge in [0.05, 0.1) is 53.9 Å². The van der Waals surface area contributed by atoms with Crippen LogP contribution in [0, 0.1) is 0 Å². The van der Waals surface area contributed by atoms with Crippen LogP contribution in [0.15, 0.2) is 63.7 Å². The molecule has 2 N–H and O–H groups in total. The van der Waals surface area contributed by atoms with Crippen LogP contribution in [0.25, 0.3) is 0 Å². The molecule has 0 spiro atoms. The van der Waals surface area contributed by atoms with Crippen LogP contribution in [-0.2, 0) is 19.7 Å². The number of methoxy groups -OCH3 is 1. The number of nitrogens with one attached hydrogen (secondary N) is 2. The van der Waals surface area contributed by atoms with Crippen molar-refractivity contribution in [3.63, 3.8) is 0 Å². The number of benzene rings is 1. The number of amidine groups is 1. The quantitative estimate of drug-likeness (QED) is 0.484. The number of dihydropyridines is 1. The molecule has 1 fully saturated rings. The first-order valence-electron chi connectivity index (χ1n) is 13.0. The van der Waals surface area contributed by atoms with Crippen LogP contribution in [0.2, 0.25) is 0 Å². The summed E-state index contributed by atoms with van der Waals surface area (Å²) >= 11 is 6.63. The van der Waals surface area contributed by atoms with Crippen molar-refractivity contribution in [2.45, 2.75) is 31.5 Å². The van der Waals surface area contributed by atoms with Gasteiger partial charge < -0.3 is 29.7 Å². The zero-order valence-electron chi connectivity index (χ0n) is 22.3. The highest BCUT2D eigenvalue weighted by Gasteiger charge is 2.34. The number of allylic oxidation sites excluding steroid dienone is 1. The lowest BCUT2D eigenvalue weighted by atomic mass is 9.87. The molecule has 2 atom stereocenters. The number of aliphatic imine (C=N–C) groups is 2. The number of halogens is 1. The molecule has 4 heterocycles. The van der Waals surface area contributed by atoms with Gasteiger partial charge in [-0.25, -0.2) is 4.99 Å². The van der Waals surface area contributed by atoms with Crippen molar-refractivity contribution in [1.82, 2.24) is 15.6 Å². The molecule has 0 bridgehead atoms. The normalized spacial score (nSPS) is 20.8. The van der Waals surface area contributed by atoms with E-state index in [-0.39, 0.29) is 11.9 Å². The molecule has 0 radical (unpaired) electrons. The van der Waals surface area contributed by atoms with Crippen molar-refractivity contribution in [2.75, 3.05) is 51.5 Å². The zero-order valence-corrected chi connectivity index (χ0v) is 23.1. The topological polar surface area (TPSA) is 110 Å². The number of ether oxygens (including phenoxy) is 3. The van der Waals surface area contributed by atoms with Crippen molar-refractivity contribution >= 4 is 34.9 Å². The minimum absolute atomic E-state index is 0.125. The molecule has 1 aromatic heterocycles. The van der Waals surface area contributed by atoms with E-state index in [0.29, 0.717) is 41.4 Å². The Labute approximate surface area is 233 Å². The Kier molecular flexibility index (Phi) is 8.15. The molecule has 10 nitrogen and oxygen atoms in total. The summed E-state index contributed by atoms with van der Waals surface area (Å²) in [7, 11) is 1.59. The van der Waals surface area contributed by atoms with E-state index in [4.69, 9.17) is 30.8 Å². The third kappa shape index (κ3) is 6.08. The Balaban J connectivity index is 1.24. The predicted octanol–water partition coefficient (Wildman–Crippen LogP) is 2.62. The van der Waals surface area contributed by atoms with Gasteiger partial charge >= 0.3 is 0 Å². The average Bonchev–Trinajstić information content (AvgIpc) is 3.34. The predicted molar refractivity (Wildman–Crippen MR) is 151 cm³/mol. The van der Waals surface area contributed by atoms with Crippen molar-refractivity contribution in [3.8, 4) is 5.75 Å². The number of anilines is 1. The highest BCUT2D eigenvalue weighted by molar-refractivity contribution is 6.46. The van der Waals surface area contributed by atoms with Crippen LogP contribution in [0.5, 0.6) is 5.75 Å². The lowest BCUT2D eigenvalue weighted by Gasteiger charge is -2.29. The second-order valence-electron chi connectivity index (χ2n) is 10.0. The molecular formula is C28H33ClN6O4. The number of pyridine rings is 1. The van der Waals surface area contributed by atoms with Crippen LogP contribution in [0.1, 0.15) is 25.1 Å². The van der Waals surface area contributed by atoms with E-state index in [1.807, 2.05) is 32.1 Å². The molecule has 0 aliphatic carbocycles. The molecule has 1 aromatic carbocycles. The Morgan fingerprint density at radius 1 is 1.18 bits per heavy atom. The second kappa shape index (κ2) is 11.7. The van der Waals surface area contributed by atoms with Gasteiger partial charge in [0.1, 0.15) is 5.75 Å². The molecule has 206 valence electrons. The molecule has 2 unspecified atom stereocenters. The minimum atomic E-state index is -0.808. The first-order valence-corrected chi connectivity index (χ1v) is 13.4. The Bertz CT molecular complexity index is 1270. The van der Waals surface area contributed by atoms with Gasteiger partial charge in [-0.15, -0.1) is 0 Å². The van der Waals surface area contributed by atoms with Crippen LogP contribution < -0.4 is 20.3 Å². The van der Waals surface area contributed by atoms with E-state index >= 15 is 0 Å². The van der Waals surface area contributed by atoms with Crippen molar-refractivity contribution < 1.29 is 19.0 Å². The average molecular weight is 553 g/mol. The molecule has 11 heteroatoms. The maximum Gasteiger partial charge on any atom is 0.293 e. The number of carbonyl (C=O) groups excluding carboxylic acids is 1. The molecule has 3 aliphatic heterocycles. The Hall–Kier alpha value is -3.47. The Morgan fingerprint density at radius 3 is 2.64 bits per heavy atom. The van der Waals surface area contributed by atoms with E-state index in [1.165, 1.54) is 0 Å². The van der Waals surface area contributed by atoms with Crippen LogP contribution >= 0.6 is 11.6 Å². The van der Waals surface area contributed by atoms with Crippen molar-refractivity contribution in [1.29, 1.82) is 0 Å². The summed E-state index contributed by atoms with van der Waals surface area (Å²) in [6.45, 7) is 7.79. The number of morpholine rings is 1. The monoisotopic (exact) mass is 552 g/mol. The second-order valence-corrected chi connectivity index (χ2v) is 10.4. The number of rotatable bonds is 8. The van der Waals surface area contributed by atoms with Crippen LogP contribution in [-0.4, -0.2) is 81.4 Å². The number of hydrogen-bond donors (Lipinski definition) is 2. The molecule has 2 aromatic rings. The smallest absolute Gasteiger partial charge is 0.293 e. The van der Waals surface area contributed by atoms with E-state index in [2.05, 4.69) is 37.6 Å². The fourth-order valence-corrected chi connectivity index (χ4v) is 4.86. The van der Waals surface area contributed by atoms with E-state index < -0.39 is 11.6 Å². The van der Waals surface area contributed by atoms with Crippen LogP contribution in [0.4, 0.5) is 5.69 Å². The lowest BCUT2D eigenvalue weighted by molar-refractivity contribution is -0.125. The molecule has 1 saturated heterocycles. The maximum absolute atomic E-state index is 12.6. The highest BCUT2D eigenvalue weighted by Crippen LogP contribution is 2.28. The van der Waals surface area contributed by atoms with E-state index in [1.54, 1.807) is 25.4 Å². The largest absolute Gasteiger partial charge is 0.424 e. The molecule has 5 rings (SSSR count). The first kappa shape index (κ1) is 27.1. The minimum Gasteiger partial charge on any atom is -0.424 e. The summed E-state index contributed by atoms with van der Waals surface area (Å²) in [6, 6.07) is 11.9. The summed E-state index contributed by atoms with van der Waals surface area (Å²) in [4.78, 5) is 28.8. The molecule has 3 aliphatic rings. The van der Waals surface area contributed by atoms with Gasteiger partial charge in [-0.05, 0) is 44.2 Å². The van der Waals surface area contributed by atoms with Gasteiger partial charge in [-0.3, -0.25) is 14.8 Å². The van der Waals surface area contributed by atoms with Gasteiger partial charge in [0.25, 0.3) is 6.02 Å². The van der Waals surface area contributed by atoms with Gasteiger partial charge in [-0.2, -0.15) is 0 Å². The summed E-state index contributed by atoms with van der Waals surface area (Å²) in [6.07, 6.45) is 3.11. The third-order valence-corrected chi connectivity index (χ3v) is 7.25. The number of carbonyl (C=O) groups is 1. The highest BCUT2D eigenvalue weighted by atomic mass is 35.5. The first-order chi connectivity index (χ1) is 18.8. The van der Waals surface area contributed by atoms with Gasteiger partial charge in [0, 0.05) is 38.0 Å². The number of aromatic nitrogens is 1. The van der Waals surface area contributed by atoms with Crippen LogP contribution in [0.3, 0.4) is 0 Å². The third-order valence-electron chi connectivity index (χ3n) is 6.94. The molecule has 0 saturated carbocycles. The number of fused-ring (bicyclic) bond motifs is 1. The summed E-state index contributed by atoms with van der Waals surface area (Å²) in [5, 5.41) is 6.65. The lowest BCUT2D eigenvalue weighted by Crippen LogP contribution is -2.41. The summed E-state index contributed by atoms with van der Waals surface area (Å²) in [5.74, 6) is 0.372. The van der Waals surface area contributed by atoms with Crippen molar-refractivity contribution in [3.05, 3.63) is 65.0 Å². The number of amides is 1. The fourth-order valence-electron chi connectivity index (χ4n) is 4.57. The maximum atomic E-state index is 12.6. The Morgan fingerprint density at radius 2 is 1.95 bits per heavy atom. The number of nitrogens with zero attached hydrogens (tertiary/aromatic N) is 4. The zero-order chi connectivity index (χ0) is 27.4. The van der Waals surface area contributed by atoms with Crippen molar-refractivity contribution in [2.24, 2.45) is 9.98 Å². The standard InChI is InChI=1S/C28H33ClN6O4/c1-28(2,26(36)30-10-13-37-3)23-9-8-20(17-31-23)39-27-32-22-16-21(29)24(33-25(22)34-27)18-4-6-19(7-5-18)35-11-14-38-15-12-35/h4-9,16-17,22,25H,10-15H2,1-3H3,(H,30,36)(H,32,34). The molecule has 39 heavy (non-hydrogen) atoms. The fraction of sp³-hybridized carbons (Fsp3) is 0.429. The molecular weight excluding hydrogens is 520 g/mol. The van der Waals surface area contributed by atoms with E-state index in [0.717, 1.165) is 37.6 Å². The summed E-state index contributed by atoms with van der Waals surface area (Å²) < 4.78 is 16.4. The van der Waals surface area contributed by atoms with E-state index in [9.17, 15) is 4.79 Å².